The number of H-pyrrole nitrogens is 1. The predicted octanol–water partition coefficient (Wildman–Crippen LogP) is 2.89. The Balaban J connectivity index is 2.12. The predicted molar refractivity (Wildman–Crippen MR) is 61.2 cm³/mol. The molecule has 3 rings (SSSR count). The lowest BCUT2D eigenvalue weighted by atomic mass is 10.0. The highest BCUT2D eigenvalue weighted by Gasteiger charge is 2.40. The number of aromatic amines is 1. The van der Waals surface area contributed by atoms with Gasteiger partial charge in [0.05, 0.1) is 10.6 Å². The van der Waals surface area contributed by atoms with Gasteiger partial charge < -0.3 is 10.1 Å². The standard InChI is InChI=1S/C12H12ClNO/c13-9-7-14-10-3-1-2-8(11(9)10)6-12(15)4-5-12/h1-3,7,14-15H,4-6H2. The molecule has 1 heterocycles. The lowest BCUT2D eigenvalue weighted by Gasteiger charge is -2.08. The summed E-state index contributed by atoms with van der Waals surface area (Å²) >= 11 is 6.11. The maximum Gasteiger partial charge on any atom is 0.0690 e. The molecule has 1 saturated carbocycles. The molecule has 0 bridgehead atoms. The number of benzene rings is 1. The number of hydrogen-bond acceptors (Lipinski definition) is 1. The van der Waals surface area contributed by atoms with Gasteiger partial charge in [0.15, 0.2) is 0 Å². The van der Waals surface area contributed by atoms with Gasteiger partial charge in [-0.2, -0.15) is 0 Å². The van der Waals surface area contributed by atoms with Crippen LogP contribution in [0.25, 0.3) is 10.9 Å². The highest BCUT2D eigenvalue weighted by Crippen LogP contribution is 2.40. The van der Waals surface area contributed by atoms with Gasteiger partial charge >= 0.3 is 0 Å². The summed E-state index contributed by atoms with van der Waals surface area (Å²) in [7, 11) is 0. The van der Waals surface area contributed by atoms with E-state index in [2.05, 4.69) is 4.98 Å². The third kappa shape index (κ3) is 1.54. The quantitative estimate of drug-likeness (QED) is 0.804. The minimum atomic E-state index is -0.463. The summed E-state index contributed by atoms with van der Waals surface area (Å²) in [6.45, 7) is 0. The first-order chi connectivity index (χ1) is 7.18. The van der Waals surface area contributed by atoms with Crippen LogP contribution in [-0.4, -0.2) is 15.7 Å². The second-order valence-electron chi connectivity index (χ2n) is 4.38. The van der Waals surface area contributed by atoms with E-state index in [0.29, 0.717) is 6.42 Å². The first kappa shape index (κ1) is 9.25. The van der Waals surface area contributed by atoms with Crippen LogP contribution in [0.4, 0.5) is 0 Å². The third-order valence-electron chi connectivity index (χ3n) is 3.09. The molecule has 1 aliphatic rings. The van der Waals surface area contributed by atoms with Crippen molar-refractivity contribution >= 4 is 22.5 Å². The van der Waals surface area contributed by atoms with E-state index in [4.69, 9.17) is 11.6 Å². The first-order valence-corrected chi connectivity index (χ1v) is 5.53. The SMILES string of the molecule is OC1(Cc2cccc3[nH]cc(Cl)c23)CC1. The van der Waals surface area contributed by atoms with Gasteiger partial charge in [-0.25, -0.2) is 0 Å². The molecule has 0 radical (unpaired) electrons. The molecular formula is C12H12ClNO. The Morgan fingerprint density at radius 1 is 1.40 bits per heavy atom. The van der Waals surface area contributed by atoms with Crippen LogP contribution in [0.15, 0.2) is 24.4 Å². The van der Waals surface area contributed by atoms with E-state index in [1.807, 2.05) is 18.2 Å². The summed E-state index contributed by atoms with van der Waals surface area (Å²) in [5.74, 6) is 0. The van der Waals surface area contributed by atoms with E-state index in [1.165, 1.54) is 0 Å². The van der Waals surface area contributed by atoms with Crippen molar-refractivity contribution in [2.45, 2.75) is 24.9 Å². The highest BCUT2D eigenvalue weighted by molar-refractivity contribution is 6.35. The molecule has 0 spiro atoms. The van der Waals surface area contributed by atoms with E-state index in [9.17, 15) is 5.11 Å². The fourth-order valence-corrected chi connectivity index (χ4v) is 2.32. The maximum absolute atomic E-state index is 9.92. The van der Waals surface area contributed by atoms with Crippen molar-refractivity contribution in [1.82, 2.24) is 4.98 Å². The zero-order chi connectivity index (χ0) is 10.5. The molecule has 3 heteroatoms. The van der Waals surface area contributed by atoms with E-state index < -0.39 is 5.60 Å². The van der Waals surface area contributed by atoms with E-state index in [0.717, 1.165) is 34.3 Å². The second kappa shape index (κ2) is 3.00. The van der Waals surface area contributed by atoms with Gasteiger partial charge in [0.2, 0.25) is 0 Å². The fraction of sp³-hybridized carbons (Fsp3) is 0.333. The molecule has 0 saturated heterocycles. The van der Waals surface area contributed by atoms with Gasteiger partial charge in [-0.3, -0.25) is 0 Å². The molecule has 78 valence electrons. The third-order valence-corrected chi connectivity index (χ3v) is 3.39. The van der Waals surface area contributed by atoms with Crippen LogP contribution in [0.1, 0.15) is 18.4 Å². The lowest BCUT2D eigenvalue weighted by Crippen LogP contribution is -2.10. The molecule has 1 fully saturated rings. The Kier molecular flexibility index (Phi) is 1.85. The van der Waals surface area contributed by atoms with Crippen LogP contribution in [0, 0.1) is 0 Å². The van der Waals surface area contributed by atoms with Crippen LogP contribution in [0.2, 0.25) is 5.02 Å². The smallest absolute Gasteiger partial charge is 0.0690 e. The monoisotopic (exact) mass is 221 g/mol. The first-order valence-electron chi connectivity index (χ1n) is 5.15. The average molecular weight is 222 g/mol. The zero-order valence-corrected chi connectivity index (χ0v) is 9.01. The Morgan fingerprint density at radius 3 is 2.93 bits per heavy atom. The number of halogens is 1. The molecule has 0 amide bonds. The van der Waals surface area contributed by atoms with Crippen LogP contribution in [-0.2, 0) is 6.42 Å². The maximum atomic E-state index is 9.92. The van der Waals surface area contributed by atoms with Gasteiger partial charge in [0.25, 0.3) is 0 Å². The van der Waals surface area contributed by atoms with Gasteiger partial charge in [-0.05, 0) is 24.5 Å². The molecule has 0 unspecified atom stereocenters. The summed E-state index contributed by atoms with van der Waals surface area (Å²) < 4.78 is 0. The zero-order valence-electron chi connectivity index (χ0n) is 8.26. The minimum absolute atomic E-state index is 0.463. The van der Waals surface area contributed by atoms with Crippen molar-refractivity contribution in [3.63, 3.8) is 0 Å². The van der Waals surface area contributed by atoms with Crippen molar-refractivity contribution in [2.75, 3.05) is 0 Å². The van der Waals surface area contributed by atoms with E-state index >= 15 is 0 Å². The normalized spacial score (nSPS) is 18.3. The molecule has 15 heavy (non-hydrogen) atoms. The average Bonchev–Trinajstić information content (AvgIpc) is 2.80. The summed E-state index contributed by atoms with van der Waals surface area (Å²) in [5, 5.41) is 11.7. The summed E-state index contributed by atoms with van der Waals surface area (Å²) in [4.78, 5) is 3.12. The lowest BCUT2D eigenvalue weighted by molar-refractivity contribution is 0.151. The molecule has 2 nitrogen and oxygen atoms in total. The van der Waals surface area contributed by atoms with Gasteiger partial charge in [0, 0.05) is 23.5 Å². The topological polar surface area (TPSA) is 36.0 Å². The van der Waals surface area contributed by atoms with E-state index in [1.54, 1.807) is 6.20 Å². The number of hydrogen-bond donors (Lipinski definition) is 2. The summed E-state index contributed by atoms with van der Waals surface area (Å²) in [5.41, 5.74) is 1.72. The van der Waals surface area contributed by atoms with Crippen molar-refractivity contribution in [3.05, 3.63) is 35.0 Å². The Bertz CT molecular complexity index is 513. The molecule has 0 atom stereocenters. The number of nitrogens with one attached hydrogen (secondary N) is 1. The molecule has 1 aliphatic carbocycles. The minimum Gasteiger partial charge on any atom is -0.390 e. The van der Waals surface area contributed by atoms with Crippen LogP contribution in [0.5, 0.6) is 0 Å². The van der Waals surface area contributed by atoms with Crippen molar-refractivity contribution in [1.29, 1.82) is 0 Å². The molecule has 1 aromatic carbocycles. The van der Waals surface area contributed by atoms with Crippen molar-refractivity contribution < 1.29 is 5.11 Å². The molecular weight excluding hydrogens is 210 g/mol. The largest absolute Gasteiger partial charge is 0.390 e. The van der Waals surface area contributed by atoms with E-state index in [-0.39, 0.29) is 0 Å². The van der Waals surface area contributed by atoms with Crippen molar-refractivity contribution in [3.8, 4) is 0 Å². The fourth-order valence-electron chi connectivity index (χ4n) is 2.04. The Hall–Kier alpha value is -0.990. The number of fused-ring (bicyclic) bond motifs is 1. The van der Waals surface area contributed by atoms with Gasteiger partial charge in [-0.15, -0.1) is 0 Å². The van der Waals surface area contributed by atoms with Crippen molar-refractivity contribution in [2.24, 2.45) is 0 Å². The Labute approximate surface area is 92.9 Å². The summed E-state index contributed by atoms with van der Waals surface area (Å²) in [6, 6.07) is 6.04. The Morgan fingerprint density at radius 2 is 2.20 bits per heavy atom. The second-order valence-corrected chi connectivity index (χ2v) is 4.78. The molecule has 1 aromatic heterocycles. The molecule has 2 aromatic rings. The van der Waals surface area contributed by atoms with Gasteiger partial charge in [0.1, 0.15) is 0 Å². The number of aromatic nitrogens is 1. The van der Waals surface area contributed by atoms with Gasteiger partial charge in [-0.1, -0.05) is 23.7 Å². The molecule has 0 aliphatic heterocycles. The number of aliphatic hydroxyl groups is 1. The van der Waals surface area contributed by atoms with Crippen LogP contribution >= 0.6 is 11.6 Å². The summed E-state index contributed by atoms with van der Waals surface area (Å²) in [6.07, 6.45) is 4.32. The number of rotatable bonds is 2. The highest BCUT2D eigenvalue weighted by atomic mass is 35.5. The molecule has 2 N–H and O–H groups in total. The van der Waals surface area contributed by atoms with Crippen LogP contribution < -0.4 is 0 Å². The van der Waals surface area contributed by atoms with Crippen LogP contribution in [0.3, 0.4) is 0 Å².